The number of fused-ring (bicyclic) bond motifs is 1. The van der Waals surface area contributed by atoms with Crippen molar-refractivity contribution in [1.29, 1.82) is 5.26 Å². The number of amides is 1. The predicted molar refractivity (Wildman–Crippen MR) is 116 cm³/mol. The number of aromatic nitrogens is 2. The average Bonchev–Trinajstić information content (AvgIpc) is 2.82. The van der Waals surface area contributed by atoms with Crippen molar-refractivity contribution < 1.29 is 4.79 Å². The molecular formula is C24H17N5O. The van der Waals surface area contributed by atoms with Crippen molar-refractivity contribution in [3.63, 3.8) is 0 Å². The van der Waals surface area contributed by atoms with Gasteiger partial charge >= 0.3 is 0 Å². The van der Waals surface area contributed by atoms with Gasteiger partial charge in [0.2, 0.25) is 0 Å². The Hall–Kier alpha value is -4.37. The Morgan fingerprint density at radius 1 is 1.03 bits per heavy atom. The number of carbonyl (C=O) groups is 1. The van der Waals surface area contributed by atoms with Crippen LogP contribution in [0.5, 0.6) is 0 Å². The molecule has 2 heterocycles. The number of para-hydroxylation sites is 1. The van der Waals surface area contributed by atoms with Crippen LogP contribution in [-0.4, -0.2) is 21.6 Å². The molecule has 30 heavy (non-hydrogen) atoms. The summed E-state index contributed by atoms with van der Waals surface area (Å²) in [7, 11) is 0. The molecule has 4 aromatic rings. The van der Waals surface area contributed by atoms with Crippen LogP contribution in [0.1, 0.15) is 28.4 Å². The van der Waals surface area contributed by atoms with Gasteiger partial charge in [-0.2, -0.15) is 10.4 Å². The van der Waals surface area contributed by atoms with E-state index >= 15 is 0 Å². The number of pyridine rings is 2. The summed E-state index contributed by atoms with van der Waals surface area (Å²) >= 11 is 0. The van der Waals surface area contributed by atoms with Crippen LogP contribution in [0.4, 0.5) is 0 Å². The molecule has 0 saturated heterocycles. The molecule has 0 radical (unpaired) electrons. The average molecular weight is 391 g/mol. The molecule has 0 aliphatic heterocycles. The molecule has 0 unspecified atom stereocenters. The molecule has 0 aliphatic carbocycles. The standard InChI is InChI=1S/C24H17N5O/c1-16(18-8-6-17(15-25)7-9-18)28-29-24(30)21-14-23(19-10-12-26-13-11-19)27-22-5-3-2-4-20(21)22/h2-14H,1H3,(H,29,30)/b28-16+. The molecule has 144 valence electrons. The quantitative estimate of drug-likeness (QED) is 0.414. The zero-order valence-electron chi connectivity index (χ0n) is 16.2. The lowest BCUT2D eigenvalue weighted by Gasteiger charge is -2.09. The SMILES string of the molecule is C/C(=N\NC(=O)c1cc(-c2ccncc2)nc2ccccc12)c1ccc(C#N)cc1. The highest BCUT2D eigenvalue weighted by Gasteiger charge is 2.14. The highest BCUT2D eigenvalue weighted by atomic mass is 16.2. The normalized spacial score (nSPS) is 11.1. The molecule has 6 nitrogen and oxygen atoms in total. The van der Waals surface area contributed by atoms with E-state index in [1.54, 1.807) is 49.6 Å². The van der Waals surface area contributed by atoms with Crippen LogP contribution >= 0.6 is 0 Å². The number of hydrogen-bond acceptors (Lipinski definition) is 5. The van der Waals surface area contributed by atoms with Gasteiger partial charge in [-0.3, -0.25) is 9.78 Å². The van der Waals surface area contributed by atoms with Crippen LogP contribution in [0.2, 0.25) is 0 Å². The van der Waals surface area contributed by atoms with Crippen LogP contribution < -0.4 is 5.43 Å². The van der Waals surface area contributed by atoms with Crippen LogP contribution in [0.3, 0.4) is 0 Å². The Morgan fingerprint density at radius 2 is 1.77 bits per heavy atom. The van der Waals surface area contributed by atoms with E-state index in [0.29, 0.717) is 22.5 Å². The summed E-state index contributed by atoms with van der Waals surface area (Å²) in [5, 5.41) is 13.9. The molecule has 0 bridgehead atoms. The van der Waals surface area contributed by atoms with Crippen LogP contribution in [0.25, 0.3) is 22.2 Å². The highest BCUT2D eigenvalue weighted by molar-refractivity contribution is 6.08. The lowest BCUT2D eigenvalue weighted by Crippen LogP contribution is -2.20. The molecule has 1 amide bonds. The Morgan fingerprint density at radius 3 is 2.50 bits per heavy atom. The minimum absolute atomic E-state index is 0.322. The molecular weight excluding hydrogens is 374 g/mol. The van der Waals surface area contributed by atoms with Gasteiger partial charge in [-0.05, 0) is 48.9 Å². The van der Waals surface area contributed by atoms with Crippen molar-refractivity contribution in [3.8, 4) is 17.3 Å². The van der Waals surface area contributed by atoms with Gasteiger partial charge in [0.15, 0.2) is 0 Å². The monoisotopic (exact) mass is 391 g/mol. The van der Waals surface area contributed by atoms with Gasteiger partial charge in [0, 0.05) is 23.3 Å². The summed E-state index contributed by atoms with van der Waals surface area (Å²) in [6.45, 7) is 1.80. The number of rotatable bonds is 4. The second kappa shape index (κ2) is 8.33. The predicted octanol–water partition coefficient (Wildman–Crippen LogP) is 4.32. The number of nitrogens with zero attached hydrogens (tertiary/aromatic N) is 4. The van der Waals surface area contributed by atoms with E-state index in [4.69, 9.17) is 5.26 Å². The molecule has 0 aliphatic rings. The van der Waals surface area contributed by atoms with Crippen molar-refractivity contribution in [1.82, 2.24) is 15.4 Å². The topological polar surface area (TPSA) is 91.0 Å². The first-order valence-corrected chi connectivity index (χ1v) is 9.31. The number of nitrogens with one attached hydrogen (secondary N) is 1. The zero-order chi connectivity index (χ0) is 20.9. The molecule has 0 spiro atoms. The summed E-state index contributed by atoms with van der Waals surface area (Å²) in [5.41, 5.74) is 7.46. The minimum Gasteiger partial charge on any atom is -0.267 e. The number of carbonyl (C=O) groups excluding carboxylic acids is 1. The summed E-state index contributed by atoms with van der Waals surface area (Å²) in [5.74, 6) is -0.322. The Labute approximate surface area is 173 Å². The first-order chi connectivity index (χ1) is 14.7. The molecule has 6 heteroatoms. The van der Waals surface area contributed by atoms with Gasteiger partial charge < -0.3 is 0 Å². The fraction of sp³-hybridized carbons (Fsp3) is 0.0417. The minimum atomic E-state index is -0.322. The number of benzene rings is 2. The molecule has 2 aromatic carbocycles. The van der Waals surface area contributed by atoms with E-state index in [9.17, 15) is 4.79 Å². The molecule has 0 saturated carbocycles. The summed E-state index contributed by atoms with van der Waals surface area (Å²) < 4.78 is 0. The second-order valence-corrected chi connectivity index (χ2v) is 6.64. The first-order valence-electron chi connectivity index (χ1n) is 9.31. The maximum atomic E-state index is 13.0. The smallest absolute Gasteiger partial charge is 0.267 e. The molecule has 0 fully saturated rings. The van der Waals surface area contributed by atoms with Crippen LogP contribution in [-0.2, 0) is 0 Å². The third-order valence-corrected chi connectivity index (χ3v) is 4.69. The van der Waals surface area contributed by atoms with Crippen molar-refractivity contribution in [2.75, 3.05) is 0 Å². The maximum absolute atomic E-state index is 13.0. The maximum Gasteiger partial charge on any atom is 0.272 e. The Bertz CT molecular complexity index is 1290. The van der Waals surface area contributed by atoms with Crippen molar-refractivity contribution in [3.05, 3.63) is 95.8 Å². The third kappa shape index (κ3) is 3.91. The number of hydrogen-bond donors (Lipinski definition) is 1. The Balaban J connectivity index is 1.67. The van der Waals surface area contributed by atoms with E-state index in [0.717, 1.165) is 22.0 Å². The Kier molecular flexibility index (Phi) is 5.27. The number of nitriles is 1. The van der Waals surface area contributed by atoms with Crippen molar-refractivity contribution in [2.45, 2.75) is 6.92 Å². The fourth-order valence-corrected chi connectivity index (χ4v) is 3.08. The molecule has 2 aromatic heterocycles. The van der Waals surface area contributed by atoms with Crippen LogP contribution in [0, 0.1) is 11.3 Å². The summed E-state index contributed by atoms with van der Waals surface area (Å²) in [6.07, 6.45) is 3.38. The van der Waals surface area contributed by atoms with E-state index in [1.807, 2.05) is 36.4 Å². The van der Waals surface area contributed by atoms with Gasteiger partial charge in [-0.15, -0.1) is 0 Å². The van der Waals surface area contributed by atoms with Gasteiger partial charge in [0.05, 0.1) is 34.1 Å². The summed E-state index contributed by atoms with van der Waals surface area (Å²) in [6, 6.07) is 22.1. The first kappa shape index (κ1) is 19.0. The third-order valence-electron chi connectivity index (χ3n) is 4.69. The second-order valence-electron chi connectivity index (χ2n) is 6.64. The number of hydrazone groups is 1. The van der Waals surface area contributed by atoms with Gasteiger partial charge in [-0.1, -0.05) is 30.3 Å². The van der Waals surface area contributed by atoms with E-state index in [-0.39, 0.29) is 5.91 Å². The highest BCUT2D eigenvalue weighted by Crippen LogP contribution is 2.24. The summed E-state index contributed by atoms with van der Waals surface area (Å²) in [4.78, 5) is 21.7. The van der Waals surface area contributed by atoms with Crippen molar-refractivity contribution in [2.24, 2.45) is 5.10 Å². The molecule has 4 rings (SSSR count). The van der Waals surface area contributed by atoms with E-state index < -0.39 is 0 Å². The van der Waals surface area contributed by atoms with Gasteiger partial charge in [-0.25, -0.2) is 10.4 Å². The molecule has 1 N–H and O–H groups in total. The van der Waals surface area contributed by atoms with Gasteiger partial charge in [0.1, 0.15) is 0 Å². The fourth-order valence-electron chi connectivity index (χ4n) is 3.08. The van der Waals surface area contributed by atoms with Crippen molar-refractivity contribution >= 4 is 22.5 Å². The van der Waals surface area contributed by atoms with Gasteiger partial charge in [0.25, 0.3) is 5.91 Å². The van der Waals surface area contributed by atoms with E-state index in [2.05, 4.69) is 26.6 Å². The zero-order valence-corrected chi connectivity index (χ0v) is 16.2. The lowest BCUT2D eigenvalue weighted by molar-refractivity contribution is 0.0956. The van der Waals surface area contributed by atoms with Crippen LogP contribution in [0.15, 0.2) is 84.2 Å². The molecule has 0 atom stereocenters. The largest absolute Gasteiger partial charge is 0.272 e. The lowest BCUT2D eigenvalue weighted by atomic mass is 10.0. The van der Waals surface area contributed by atoms with E-state index in [1.165, 1.54) is 0 Å².